The maximum Gasteiger partial charge on any atom is 0.0578 e. The highest BCUT2D eigenvalue weighted by Gasteiger charge is 2.24. The van der Waals surface area contributed by atoms with Crippen molar-refractivity contribution in [2.45, 2.75) is 272 Å². The lowest BCUT2D eigenvalue weighted by Gasteiger charge is -2.23. The molecule has 9 aromatic carbocycles. The zero-order valence-electron chi connectivity index (χ0n) is 69.6. The van der Waals surface area contributed by atoms with Crippen LogP contribution in [0.3, 0.4) is 0 Å². The lowest BCUT2D eigenvalue weighted by molar-refractivity contribution is 0.581. The number of benzene rings is 9. The van der Waals surface area contributed by atoms with Gasteiger partial charge in [-0.05, 0) is 224 Å². The first-order valence-electron chi connectivity index (χ1n) is 37.0. The van der Waals surface area contributed by atoms with Crippen molar-refractivity contribution in [2.75, 3.05) is 0 Å². The van der Waals surface area contributed by atoms with Crippen LogP contribution in [-0.2, 0) is 43.3 Å². The van der Waals surface area contributed by atoms with Crippen molar-refractivity contribution in [2.24, 2.45) is 0 Å². The van der Waals surface area contributed by atoms with Gasteiger partial charge in [-0.15, -0.1) is 11.3 Å². The highest BCUT2D eigenvalue weighted by atomic mass is 32.1. The Labute approximate surface area is 622 Å². The van der Waals surface area contributed by atoms with Gasteiger partial charge in [0, 0.05) is 21.3 Å². The van der Waals surface area contributed by atoms with Gasteiger partial charge in [0.2, 0.25) is 0 Å². The van der Waals surface area contributed by atoms with Crippen LogP contribution in [0.25, 0.3) is 27.5 Å². The van der Waals surface area contributed by atoms with Gasteiger partial charge in [0.25, 0.3) is 0 Å². The molecular weight excluding hydrogens is 1240 g/mol. The fourth-order valence-corrected chi connectivity index (χ4v) is 15.2. The Hall–Kier alpha value is -7.52. The first-order chi connectivity index (χ1) is 46.5. The van der Waals surface area contributed by atoms with E-state index in [-0.39, 0.29) is 37.9 Å². The maximum absolute atomic E-state index is 2.41. The number of hydrogen-bond acceptors (Lipinski definition) is 1. The molecule has 0 atom stereocenters. The van der Waals surface area contributed by atoms with Crippen LogP contribution in [0.15, 0.2) is 218 Å². The van der Waals surface area contributed by atoms with E-state index in [0.29, 0.717) is 5.41 Å². The molecule has 11 rings (SSSR count). The van der Waals surface area contributed by atoms with E-state index in [1.165, 1.54) is 121 Å². The summed E-state index contributed by atoms with van der Waals surface area (Å²) in [7, 11) is 0. The van der Waals surface area contributed by atoms with E-state index in [2.05, 4.69) is 451 Å². The molecule has 2 heteroatoms. The van der Waals surface area contributed by atoms with Gasteiger partial charge in [-0.1, -0.05) is 354 Å². The Morgan fingerprint density at radius 2 is 0.485 bits per heavy atom. The minimum Gasteiger partial charge on any atom is -0.309 e. The summed E-state index contributed by atoms with van der Waals surface area (Å²) in [6, 6.07) is 75.5. The Balaban J connectivity index is 0.000000250. The van der Waals surface area contributed by atoms with Gasteiger partial charge < -0.3 is 4.57 Å². The number of hydrogen-bond donors (Lipinski definition) is 0. The third kappa shape index (κ3) is 25.7. The van der Waals surface area contributed by atoms with E-state index in [4.69, 9.17) is 0 Å². The van der Waals surface area contributed by atoms with Gasteiger partial charge in [-0.25, -0.2) is 0 Å². The number of rotatable bonds is 1. The summed E-state index contributed by atoms with van der Waals surface area (Å²) in [5.41, 5.74) is 28.7. The van der Waals surface area contributed by atoms with Crippen LogP contribution in [0.4, 0.5) is 0 Å². The van der Waals surface area contributed by atoms with Crippen LogP contribution in [0, 0.1) is 62.3 Å². The molecule has 0 saturated heterocycles. The molecule has 2 aromatic heterocycles. The lowest BCUT2D eigenvalue weighted by atomic mass is 9.81. The zero-order valence-corrected chi connectivity index (χ0v) is 70.5. The van der Waals surface area contributed by atoms with E-state index >= 15 is 0 Å². The van der Waals surface area contributed by atoms with Crippen molar-refractivity contribution in [3.63, 3.8) is 0 Å². The molecule has 0 unspecified atom stereocenters. The van der Waals surface area contributed by atoms with Crippen molar-refractivity contribution in [1.29, 1.82) is 0 Å². The first-order valence-corrected chi connectivity index (χ1v) is 37.9. The molecule has 0 radical (unpaired) electrons. The third-order valence-corrected chi connectivity index (χ3v) is 19.6. The Morgan fingerprint density at radius 1 is 0.218 bits per heavy atom. The fraction of sp³-hybridized carbons (Fsp3) is 0.414. The summed E-state index contributed by atoms with van der Waals surface area (Å²) in [5.74, 6) is 0. The van der Waals surface area contributed by atoms with Crippen LogP contribution in [-0.4, -0.2) is 4.57 Å². The van der Waals surface area contributed by atoms with Gasteiger partial charge in [0.1, 0.15) is 0 Å². The molecule has 1 nitrogen and oxygen atoms in total. The van der Waals surface area contributed by atoms with E-state index < -0.39 is 0 Å². The number of thiophene rings is 1. The summed E-state index contributed by atoms with van der Waals surface area (Å²) in [6.07, 6.45) is 0. The molecule has 0 aliphatic rings. The molecule has 11 aromatic rings. The van der Waals surface area contributed by atoms with Crippen LogP contribution in [0.5, 0.6) is 0 Å². The summed E-state index contributed by atoms with van der Waals surface area (Å²) in [4.78, 5) is 1.46. The second-order valence-electron chi connectivity index (χ2n) is 36.1. The smallest absolute Gasteiger partial charge is 0.0578 e. The molecule has 0 aliphatic heterocycles. The van der Waals surface area contributed by atoms with Gasteiger partial charge in [0.05, 0.1) is 11.0 Å². The van der Waals surface area contributed by atoms with Gasteiger partial charge in [0.15, 0.2) is 0 Å². The van der Waals surface area contributed by atoms with Gasteiger partial charge in [-0.3, -0.25) is 0 Å². The van der Waals surface area contributed by atoms with Crippen LogP contribution >= 0.6 is 11.3 Å². The van der Waals surface area contributed by atoms with Gasteiger partial charge >= 0.3 is 0 Å². The summed E-state index contributed by atoms with van der Waals surface area (Å²) in [6.45, 7) is 73.8. The second kappa shape index (κ2) is 36.1. The predicted octanol–water partition coefficient (Wildman–Crippen LogP) is 29.8. The van der Waals surface area contributed by atoms with Crippen molar-refractivity contribution in [3.8, 4) is 5.69 Å². The molecule has 0 amide bonds. The van der Waals surface area contributed by atoms with E-state index in [9.17, 15) is 0 Å². The number of fused-ring (bicyclic) bond motifs is 3. The molecule has 0 bridgehead atoms. The average molecular weight is 1370 g/mol. The molecule has 0 spiro atoms. The van der Waals surface area contributed by atoms with E-state index in [1.54, 1.807) is 0 Å². The van der Waals surface area contributed by atoms with Crippen LogP contribution in [0.1, 0.15) is 260 Å². The number of nitrogens with zero attached hydrogens (tertiary/aromatic N) is 1. The summed E-state index contributed by atoms with van der Waals surface area (Å²) < 4.78 is 2.41. The molecule has 2 heterocycles. The number of aryl methyl sites for hydroxylation is 9. The van der Waals surface area contributed by atoms with E-state index in [0.717, 1.165) is 0 Å². The molecule has 0 fully saturated rings. The lowest BCUT2D eigenvalue weighted by Crippen LogP contribution is -2.14. The molecule has 0 saturated carbocycles. The molecule has 101 heavy (non-hydrogen) atoms. The minimum atomic E-state index is 0.0976. The van der Waals surface area contributed by atoms with Crippen LogP contribution in [0.2, 0.25) is 0 Å². The van der Waals surface area contributed by atoms with Gasteiger partial charge in [-0.2, -0.15) is 0 Å². The number of aromatic nitrogens is 1. The fourth-order valence-electron chi connectivity index (χ4n) is 14.4. The summed E-state index contributed by atoms with van der Waals surface area (Å²) in [5, 5.41) is 4.77. The largest absolute Gasteiger partial charge is 0.309 e. The monoisotopic (exact) mass is 1370 g/mol. The molecule has 0 N–H and O–H groups in total. The maximum atomic E-state index is 2.41. The SMILES string of the molecule is CC(C)(C)c1cccc2c3ccccc3n(-c3ccccc3)c12.CC(C)(C)c1cccs1.Cc1cccc(C)c1C(C)(C)C.Cc1cccc(C)c1C(C)(C)C.Cc1cccc(C)c1C(C)(C)C.Cc1ccccc1C(C)(C)C.Cc1ccccc1C(C)(C)C.Cc1ccccc1C(C)(C)C. The molecule has 542 valence electrons. The topological polar surface area (TPSA) is 4.93 Å². The average Bonchev–Trinajstić information content (AvgIpc) is 1.58. The highest BCUT2D eigenvalue weighted by molar-refractivity contribution is 7.10. The molecule has 0 aliphatic carbocycles. The normalized spacial score (nSPS) is 11.8. The van der Waals surface area contributed by atoms with Crippen molar-refractivity contribution >= 4 is 33.1 Å². The minimum absolute atomic E-state index is 0.0976. The van der Waals surface area contributed by atoms with Crippen molar-refractivity contribution in [1.82, 2.24) is 4.57 Å². The summed E-state index contributed by atoms with van der Waals surface area (Å²) >= 11 is 1.83. The second-order valence-corrected chi connectivity index (χ2v) is 37.1. The van der Waals surface area contributed by atoms with Crippen molar-refractivity contribution in [3.05, 3.63) is 312 Å². The standard InChI is InChI=1S/C22H21N.3C12H18.3C11H16.C8H12S/c1-22(2,3)19-14-9-13-18-17-12-7-8-15-20(17)23(21(18)19)16-10-5-4-6-11-16;3*1-9-7-6-8-10(2)11(9)12(3,4)5;3*1-9-7-5-6-8-10(9)11(2,3)4;1-8(2,3)7-5-4-6-9-7/h4-15H,1-3H3;3*6-8H,1-5H3;3*5-8H,1-4H3;4-6H,1-3H3. The Bertz CT molecular complexity index is 3970. The third-order valence-electron chi connectivity index (χ3n) is 18.3. The highest BCUT2D eigenvalue weighted by Crippen LogP contribution is 2.39. The Kier molecular flexibility index (Phi) is 30.7. The van der Waals surface area contributed by atoms with E-state index in [1.807, 2.05) is 11.3 Å². The zero-order chi connectivity index (χ0) is 76.4. The molecular formula is C99H135NS. The van der Waals surface area contributed by atoms with Crippen LogP contribution < -0.4 is 0 Å². The first kappa shape index (κ1) is 85.9. The quantitative estimate of drug-likeness (QED) is 0.154. The van der Waals surface area contributed by atoms with Crippen molar-refractivity contribution < 1.29 is 0 Å². The predicted molar refractivity (Wildman–Crippen MR) is 456 cm³/mol. The number of para-hydroxylation sites is 3. The Morgan fingerprint density at radius 3 is 0.743 bits per heavy atom.